The molecule has 1 N–H and O–H groups in total. The average Bonchev–Trinajstić information content (AvgIpc) is 1.84. The lowest BCUT2D eigenvalue weighted by Crippen LogP contribution is -2.17. The van der Waals surface area contributed by atoms with E-state index in [0.717, 1.165) is 19.3 Å². The summed E-state index contributed by atoms with van der Waals surface area (Å²) in [5.74, 6) is 0.592. The van der Waals surface area contributed by atoms with E-state index < -0.39 is 5.60 Å². The molecule has 0 rings (SSSR count). The van der Waals surface area contributed by atoms with Crippen molar-refractivity contribution in [1.82, 2.24) is 0 Å². The number of hydrogen-bond donors (Lipinski definition) is 1. The predicted molar refractivity (Wildman–Crippen MR) is 54.6 cm³/mol. The SMILES string of the molecule is C/C(=C\CCl)CCCC(C)(C)O. The molecule has 0 spiro atoms. The number of allylic oxidation sites excluding steroid dienone is 2. The Balaban J connectivity index is 3.50. The molecule has 0 atom stereocenters. The Morgan fingerprint density at radius 1 is 1.50 bits per heavy atom. The molecule has 0 heterocycles. The van der Waals surface area contributed by atoms with Crippen LogP contribution in [0.5, 0.6) is 0 Å². The van der Waals surface area contributed by atoms with Gasteiger partial charge in [-0.15, -0.1) is 11.6 Å². The van der Waals surface area contributed by atoms with Crippen molar-refractivity contribution in [2.75, 3.05) is 5.88 Å². The Bertz CT molecular complexity index is 144. The molecule has 0 amide bonds. The van der Waals surface area contributed by atoms with E-state index in [-0.39, 0.29) is 0 Å². The highest BCUT2D eigenvalue weighted by Crippen LogP contribution is 2.15. The second kappa shape index (κ2) is 5.60. The van der Waals surface area contributed by atoms with Crippen LogP contribution in [-0.4, -0.2) is 16.6 Å². The Hall–Kier alpha value is -0.0100. The van der Waals surface area contributed by atoms with Gasteiger partial charge in [0.15, 0.2) is 0 Å². The molecule has 0 fully saturated rings. The third-order valence-corrected chi connectivity index (χ3v) is 1.94. The number of aliphatic hydroxyl groups is 1. The molecule has 0 aliphatic heterocycles. The van der Waals surface area contributed by atoms with E-state index in [0.29, 0.717) is 5.88 Å². The minimum Gasteiger partial charge on any atom is -0.390 e. The van der Waals surface area contributed by atoms with Crippen LogP contribution in [-0.2, 0) is 0 Å². The van der Waals surface area contributed by atoms with E-state index in [1.54, 1.807) is 0 Å². The summed E-state index contributed by atoms with van der Waals surface area (Å²) in [7, 11) is 0. The number of hydrogen-bond acceptors (Lipinski definition) is 1. The van der Waals surface area contributed by atoms with E-state index in [2.05, 4.69) is 6.92 Å². The molecular weight excluding hydrogens is 172 g/mol. The summed E-state index contributed by atoms with van der Waals surface area (Å²) >= 11 is 5.54. The van der Waals surface area contributed by atoms with E-state index >= 15 is 0 Å². The van der Waals surface area contributed by atoms with Crippen LogP contribution >= 0.6 is 11.6 Å². The Morgan fingerprint density at radius 3 is 2.50 bits per heavy atom. The van der Waals surface area contributed by atoms with Gasteiger partial charge in [0, 0.05) is 5.88 Å². The number of halogens is 1. The van der Waals surface area contributed by atoms with Crippen LogP contribution in [0.15, 0.2) is 11.6 Å². The van der Waals surface area contributed by atoms with Crippen molar-refractivity contribution < 1.29 is 5.11 Å². The highest BCUT2D eigenvalue weighted by molar-refractivity contribution is 6.18. The maximum absolute atomic E-state index is 9.41. The van der Waals surface area contributed by atoms with Gasteiger partial charge in [0.2, 0.25) is 0 Å². The van der Waals surface area contributed by atoms with Gasteiger partial charge >= 0.3 is 0 Å². The van der Waals surface area contributed by atoms with E-state index in [4.69, 9.17) is 11.6 Å². The first-order chi connectivity index (χ1) is 5.45. The zero-order chi connectivity index (χ0) is 9.61. The first-order valence-corrected chi connectivity index (χ1v) is 4.93. The van der Waals surface area contributed by atoms with Crippen molar-refractivity contribution in [3.63, 3.8) is 0 Å². The van der Waals surface area contributed by atoms with Crippen LogP contribution in [0.3, 0.4) is 0 Å². The summed E-state index contributed by atoms with van der Waals surface area (Å²) in [5, 5.41) is 9.41. The summed E-state index contributed by atoms with van der Waals surface area (Å²) in [4.78, 5) is 0. The molecule has 0 aliphatic carbocycles. The topological polar surface area (TPSA) is 20.2 Å². The lowest BCUT2D eigenvalue weighted by Gasteiger charge is -2.16. The molecule has 12 heavy (non-hydrogen) atoms. The van der Waals surface area contributed by atoms with Crippen LogP contribution in [0.1, 0.15) is 40.0 Å². The van der Waals surface area contributed by atoms with Gasteiger partial charge < -0.3 is 5.11 Å². The zero-order valence-electron chi connectivity index (χ0n) is 8.23. The second-order valence-corrected chi connectivity index (χ2v) is 4.18. The molecule has 72 valence electrons. The lowest BCUT2D eigenvalue weighted by atomic mass is 9.99. The molecule has 0 saturated heterocycles. The highest BCUT2D eigenvalue weighted by atomic mass is 35.5. The molecule has 0 aromatic carbocycles. The number of rotatable bonds is 5. The smallest absolute Gasteiger partial charge is 0.0591 e. The second-order valence-electron chi connectivity index (χ2n) is 3.87. The monoisotopic (exact) mass is 190 g/mol. The molecule has 0 radical (unpaired) electrons. The quantitative estimate of drug-likeness (QED) is 0.522. The molecular formula is C10H19ClO. The predicted octanol–water partition coefficient (Wildman–Crippen LogP) is 3.11. The molecule has 2 heteroatoms. The van der Waals surface area contributed by atoms with Gasteiger partial charge in [-0.1, -0.05) is 11.6 Å². The Labute approximate surface area is 80.4 Å². The highest BCUT2D eigenvalue weighted by Gasteiger charge is 2.10. The third-order valence-electron chi connectivity index (χ3n) is 1.79. The van der Waals surface area contributed by atoms with Crippen molar-refractivity contribution in [2.24, 2.45) is 0 Å². The van der Waals surface area contributed by atoms with Crippen LogP contribution in [0.4, 0.5) is 0 Å². The van der Waals surface area contributed by atoms with Crippen LogP contribution in [0.2, 0.25) is 0 Å². The number of alkyl halides is 1. The molecule has 1 nitrogen and oxygen atoms in total. The van der Waals surface area contributed by atoms with Gasteiger partial charge in [-0.05, 0) is 40.0 Å². The molecule has 0 unspecified atom stereocenters. The third kappa shape index (κ3) is 8.09. The standard InChI is InChI=1S/C10H19ClO/c1-9(6-8-11)5-4-7-10(2,3)12/h6,12H,4-5,7-8H2,1-3H3/b9-6+. The molecule has 0 aliphatic rings. The largest absolute Gasteiger partial charge is 0.390 e. The maximum Gasteiger partial charge on any atom is 0.0591 e. The molecule has 0 aromatic heterocycles. The zero-order valence-corrected chi connectivity index (χ0v) is 8.99. The van der Waals surface area contributed by atoms with Gasteiger partial charge in [-0.2, -0.15) is 0 Å². The normalized spacial score (nSPS) is 13.6. The van der Waals surface area contributed by atoms with E-state index in [1.165, 1.54) is 5.57 Å². The fourth-order valence-corrected chi connectivity index (χ4v) is 1.30. The first-order valence-electron chi connectivity index (χ1n) is 4.39. The van der Waals surface area contributed by atoms with Crippen LogP contribution in [0, 0.1) is 0 Å². The van der Waals surface area contributed by atoms with Gasteiger partial charge in [-0.3, -0.25) is 0 Å². The fraction of sp³-hybridized carbons (Fsp3) is 0.800. The Morgan fingerprint density at radius 2 is 2.08 bits per heavy atom. The molecule has 0 saturated carbocycles. The van der Waals surface area contributed by atoms with E-state index in [1.807, 2.05) is 19.9 Å². The van der Waals surface area contributed by atoms with Gasteiger partial charge in [0.05, 0.1) is 5.60 Å². The van der Waals surface area contributed by atoms with E-state index in [9.17, 15) is 5.11 Å². The molecule has 0 bridgehead atoms. The Kier molecular flexibility index (Phi) is 5.60. The van der Waals surface area contributed by atoms with Crippen molar-refractivity contribution in [3.05, 3.63) is 11.6 Å². The lowest BCUT2D eigenvalue weighted by molar-refractivity contribution is 0.0689. The minimum atomic E-state index is -0.527. The van der Waals surface area contributed by atoms with Gasteiger partial charge in [0.1, 0.15) is 0 Å². The van der Waals surface area contributed by atoms with Crippen LogP contribution in [0.25, 0.3) is 0 Å². The average molecular weight is 191 g/mol. The van der Waals surface area contributed by atoms with Crippen molar-refractivity contribution >= 4 is 11.6 Å². The fourth-order valence-electron chi connectivity index (χ4n) is 1.03. The summed E-state index contributed by atoms with van der Waals surface area (Å²) in [6, 6.07) is 0. The first kappa shape index (κ1) is 12.0. The summed E-state index contributed by atoms with van der Waals surface area (Å²) in [5.41, 5.74) is 0.788. The van der Waals surface area contributed by atoms with Gasteiger partial charge in [0.25, 0.3) is 0 Å². The van der Waals surface area contributed by atoms with Gasteiger partial charge in [-0.25, -0.2) is 0 Å². The minimum absolute atomic E-state index is 0.527. The summed E-state index contributed by atoms with van der Waals surface area (Å²) < 4.78 is 0. The summed E-state index contributed by atoms with van der Waals surface area (Å²) in [6.45, 7) is 5.76. The maximum atomic E-state index is 9.41. The van der Waals surface area contributed by atoms with Crippen molar-refractivity contribution in [3.8, 4) is 0 Å². The van der Waals surface area contributed by atoms with Crippen molar-refractivity contribution in [2.45, 2.75) is 45.6 Å². The molecule has 0 aromatic rings. The van der Waals surface area contributed by atoms with Crippen molar-refractivity contribution in [1.29, 1.82) is 0 Å². The van der Waals surface area contributed by atoms with Crippen LogP contribution < -0.4 is 0 Å². The summed E-state index contributed by atoms with van der Waals surface area (Å²) in [6.07, 6.45) is 4.94.